The van der Waals surface area contributed by atoms with Gasteiger partial charge in [-0.3, -0.25) is 0 Å². The molecule has 0 spiro atoms. The lowest BCUT2D eigenvalue weighted by atomic mass is 10.0. The maximum Gasteiger partial charge on any atom is 0.0108 e. The van der Waals surface area contributed by atoms with Crippen LogP contribution in [0.25, 0.3) is 0 Å². The van der Waals surface area contributed by atoms with E-state index < -0.39 is 0 Å². The Balaban J connectivity index is 1.73. The van der Waals surface area contributed by atoms with Crippen LogP contribution in [0.3, 0.4) is 0 Å². The molecule has 0 saturated heterocycles. The average molecular weight is 278 g/mol. The minimum atomic E-state index is 0.705. The standard InChI is InChI=1S/C16H26N2S/c1-13(2)10-17-8-9-18(3)11-14-12-19-16-7-5-4-6-15(14)16/h4-7,13-14,17H,8-12H2,1-3H3. The van der Waals surface area contributed by atoms with E-state index in [4.69, 9.17) is 0 Å². The first-order valence-corrected chi connectivity index (χ1v) is 8.26. The monoisotopic (exact) mass is 278 g/mol. The van der Waals surface area contributed by atoms with E-state index in [9.17, 15) is 0 Å². The van der Waals surface area contributed by atoms with Crippen LogP contribution >= 0.6 is 11.8 Å². The second-order valence-corrected chi connectivity index (χ2v) is 6.97. The predicted octanol–water partition coefficient (Wildman–Crippen LogP) is 3.05. The minimum Gasteiger partial charge on any atom is -0.315 e. The summed E-state index contributed by atoms with van der Waals surface area (Å²) in [6, 6.07) is 8.87. The Morgan fingerprint density at radius 3 is 2.95 bits per heavy atom. The van der Waals surface area contributed by atoms with Gasteiger partial charge >= 0.3 is 0 Å². The van der Waals surface area contributed by atoms with Crippen LogP contribution in [0.1, 0.15) is 25.3 Å². The van der Waals surface area contributed by atoms with Crippen LogP contribution in [-0.4, -0.2) is 43.9 Å². The fourth-order valence-corrected chi connectivity index (χ4v) is 3.75. The first-order chi connectivity index (χ1) is 9.16. The van der Waals surface area contributed by atoms with E-state index in [0.717, 1.165) is 25.6 Å². The van der Waals surface area contributed by atoms with Gasteiger partial charge in [-0.1, -0.05) is 32.0 Å². The van der Waals surface area contributed by atoms with Gasteiger partial charge in [0.1, 0.15) is 0 Å². The molecule has 0 saturated carbocycles. The summed E-state index contributed by atoms with van der Waals surface area (Å²) in [6.07, 6.45) is 0. The van der Waals surface area contributed by atoms with Crippen molar-refractivity contribution in [2.45, 2.75) is 24.7 Å². The van der Waals surface area contributed by atoms with Crippen molar-refractivity contribution >= 4 is 11.8 Å². The number of nitrogens with zero attached hydrogens (tertiary/aromatic N) is 1. The second kappa shape index (κ2) is 7.32. The molecule has 0 radical (unpaired) electrons. The normalized spacial score (nSPS) is 18.3. The molecule has 3 heteroatoms. The molecule has 19 heavy (non-hydrogen) atoms. The Morgan fingerprint density at radius 1 is 1.37 bits per heavy atom. The predicted molar refractivity (Wildman–Crippen MR) is 85.1 cm³/mol. The lowest BCUT2D eigenvalue weighted by Gasteiger charge is -2.21. The topological polar surface area (TPSA) is 15.3 Å². The Kier molecular flexibility index (Phi) is 5.74. The number of rotatable bonds is 7. The third-order valence-corrected chi connectivity index (χ3v) is 4.81. The van der Waals surface area contributed by atoms with Gasteiger partial charge in [0, 0.05) is 36.2 Å². The molecule has 1 N–H and O–H groups in total. The zero-order valence-corrected chi connectivity index (χ0v) is 13.2. The largest absolute Gasteiger partial charge is 0.315 e. The second-order valence-electron chi connectivity index (χ2n) is 5.91. The van der Waals surface area contributed by atoms with Gasteiger partial charge in [-0.25, -0.2) is 0 Å². The van der Waals surface area contributed by atoms with Gasteiger partial charge in [-0.2, -0.15) is 0 Å². The van der Waals surface area contributed by atoms with E-state index in [2.05, 4.69) is 55.4 Å². The van der Waals surface area contributed by atoms with E-state index >= 15 is 0 Å². The highest BCUT2D eigenvalue weighted by atomic mass is 32.2. The minimum absolute atomic E-state index is 0.705. The molecule has 1 unspecified atom stereocenters. The SMILES string of the molecule is CC(C)CNCCN(C)CC1CSc2ccccc21. The third-order valence-electron chi connectivity index (χ3n) is 3.55. The summed E-state index contributed by atoms with van der Waals surface area (Å²) in [7, 11) is 2.24. The van der Waals surface area contributed by atoms with Gasteiger partial charge in [-0.15, -0.1) is 11.8 Å². The Hall–Kier alpha value is -0.510. The Bertz CT molecular complexity index is 392. The van der Waals surface area contributed by atoms with Crippen molar-refractivity contribution in [3.05, 3.63) is 29.8 Å². The van der Waals surface area contributed by atoms with E-state index in [0.29, 0.717) is 5.92 Å². The molecule has 106 valence electrons. The Labute approximate surface area is 122 Å². The number of hydrogen-bond donors (Lipinski definition) is 1. The maximum atomic E-state index is 3.51. The molecule has 0 amide bonds. The Morgan fingerprint density at radius 2 is 2.16 bits per heavy atom. The highest BCUT2D eigenvalue weighted by Gasteiger charge is 2.23. The van der Waals surface area contributed by atoms with Gasteiger partial charge in [0.2, 0.25) is 0 Å². The van der Waals surface area contributed by atoms with Crippen LogP contribution in [0.15, 0.2) is 29.2 Å². The zero-order chi connectivity index (χ0) is 13.7. The van der Waals surface area contributed by atoms with Crippen molar-refractivity contribution in [1.29, 1.82) is 0 Å². The zero-order valence-electron chi connectivity index (χ0n) is 12.4. The van der Waals surface area contributed by atoms with Crippen molar-refractivity contribution in [3.8, 4) is 0 Å². The van der Waals surface area contributed by atoms with Crippen LogP contribution in [0, 0.1) is 5.92 Å². The van der Waals surface area contributed by atoms with E-state index in [1.165, 1.54) is 17.2 Å². The fraction of sp³-hybridized carbons (Fsp3) is 0.625. The molecule has 1 heterocycles. The van der Waals surface area contributed by atoms with Crippen LogP contribution in [-0.2, 0) is 0 Å². The molecule has 0 fully saturated rings. The van der Waals surface area contributed by atoms with Crippen molar-refractivity contribution < 1.29 is 0 Å². The molecule has 1 aliphatic rings. The number of fused-ring (bicyclic) bond motifs is 1. The van der Waals surface area contributed by atoms with Gasteiger partial charge in [-0.05, 0) is 31.1 Å². The van der Waals surface area contributed by atoms with Crippen LogP contribution in [0.4, 0.5) is 0 Å². The van der Waals surface area contributed by atoms with Crippen molar-refractivity contribution in [2.75, 3.05) is 39.0 Å². The van der Waals surface area contributed by atoms with Crippen molar-refractivity contribution in [1.82, 2.24) is 10.2 Å². The lowest BCUT2D eigenvalue weighted by molar-refractivity contribution is 0.314. The highest BCUT2D eigenvalue weighted by molar-refractivity contribution is 7.99. The first kappa shape index (κ1) is 14.9. The van der Waals surface area contributed by atoms with Crippen LogP contribution < -0.4 is 5.32 Å². The molecule has 0 bridgehead atoms. The summed E-state index contributed by atoms with van der Waals surface area (Å²) >= 11 is 2.01. The third kappa shape index (κ3) is 4.51. The highest BCUT2D eigenvalue weighted by Crippen LogP contribution is 2.39. The van der Waals surface area contributed by atoms with Crippen LogP contribution in [0.5, 0.6) is 0 Å². The van der Waals surface area contributed by atoms with Crippen molar-refractivity contribution in [2.24, 2.45) is 5.92 Å². The van der Waals surface area contributed by atoms with E-state index in [-0.39, 0.29) is 0 Å². The van der Waals surface area contributed by atoms with Crippen molar-refractivity contribution in [3.63, 3.8) is 0 Å². The summed E-state index contributed by atoms with van der Waals surface area (Å²) < 4.78 is 0. The average Bonchev–Trinajstić information content (AvgIpc) is 2.78. The number of benzene rings is 1. The molecule has 1 aliphatic heterocycles. The quantitative estimate of drug-likeness (QED) is 0.772. The summed E-state index contributed by atoms with van der Waals surface area (Å²) in [6.45, 7) is 9.03. The van der Waals surface area contributed by atoms with Gasteiger partial charge in [0.25, 0.3) is 0 Å². The summed E-state index contributed by atoms with van der Waals surface area (Å²) in [4.78, 5) is 3.94. The summed E-state index contributed by atoms with van der Waals surface area (Å²) in [5, 5.41) is 3.51. The molecule has 2 nitrogen and oxygen atoms in total. The molecule has 0 aromatic heterocycles. The molecule has 2 rings (SSSR count). The van der Waals surface area contributed by atoms with E-state index in [1.54, 1.807) is 5.56 Å². The fourth-order valence-electron chi connectivity index (χ4n) is 2.51. The maximum absolute atomic E-state index is 3.51. The van der Waals surface area contributed by atoms with E-state index in [1.807, 2.05) is 11.8 Å². The number of hydrogen-bond acceptors (Lipinski definition) is 3. The number of likely N-dealkylation sites (N-methyl/N-ethyl adjacent to an activating group) is 1. The van der Waals surface area contributed by atoms with Crippen LogP contribution in [0.2, 0.25) is 0 Å². The molecular weight excluding hydrogens is 252 g/mol. The summed E-state index contributed by atoms with van der Waals surface area (Å²) in [5.74, 6) is 2.68. The lowest BCUT2D eigenvalue weighted by Crippen LogP contribution is -2.33. The molecule has 1 aromatic rings. The van der Waals surface area contributed by atoms with Gasteiger partial charge < -0.3 is 10.2 Å². The molecule has 1 atom stereocenters. The number of thioether (sulfide) groups is 1. The smallest absolute Gasteiger partial charge is 0.0108 e. The molecule has 1 aromatic carbocycles. The summed E-state index contributed by atoms with van der Waals surface area (Å²) in [5.41, 5.74) is 1.55. The van der Waals surface area contributed by atoms with Gasteiger partial charge in [0.05, 0.1) is 0 Å². The molecule has 0 aliphatic carbocycles. The number of nitrogens with one attached hydrogen (secondary N) is 1. The van der Waals surface area contributed by atoms with Gasteiger partial charge in [0.15, 0.2) is 0 Å². The molecular formula is C16H26N2S. The first-order valence-electron chi connectivity index (χ1n) is 7.28.